The first-order valence-electron chi connectivity index (χ1n) is 17.6. The van der Waals surface area contributed by atoms with Crippen molar-refractivity contribution in [2.45, 2.75) is 45.6 Å². The smallest absolute Gasteiger partial charge is 0.272 e. The fourth-order valence-electron chi connectivity index (χ4n) is 6.67. The zero-order valence-corrected chi connectivity index (χ0v) is 30.3. The van der Waals surface area contributed by atoms with Crippen molar-refractivity contribution in [3.8, 4) is 22.6 Å². The number of nitrogens with one attached hydrogen (secondary N) is 2. The lowest BCUT2D eigenvalue weighted by Crippen LogP contribution is -2.35. The van der Waals surface area contributed by atoms with Gasteiger partial charge in [0.2, 0.25) is 5.91 Å². The van der Waals surface area contributed by atoms with E-state index in [1.165, 1.54) is 7.11 Å². The standard InChI is InChI=1S/C39H45N7O6/c1-6-45(7-2)39(50)33-18-26(23-43(33)3)25-12-14-27(15-13-25)42-37(48)32-19-28(24-44(32)4)41-36(47)11-9-17-52-35-21-31-30(20-34(35)51-5)38(49)46-16-8-10-29(46)22-40-31/h12-15,18-24,29H,6-11,16-17H2,1-5H3,(H,41,47)(H,42,48)/t29-/m0/s1. The number of hydrogen-bond acceptors (Lipinski definition) is 7. The lowest BCUT2D eigenvalue weighted by atomic mass is 10.1. The van der Waals surface area contributed by atoms with Gasteiger partial charge in [-0.3, -0.25) is 24.2 Å². The zero-order chi connectivity index (χ0) is 36.9. The molecule has 4 heterocycles. The van der Waals surface area contributed by atoms with Crippen molar-refractivity contribution in [1.29, 1.82) is 0 Å². The Balaban J connectivity index is 1.00. The fourth-order valence-corrected chi connectivity index (χ4v) is 6.67. The van der Waals surface area contributed by atoms with Gasteiger partial charge >= 0.3 is 0 Å². The van der Waals surface area contributed by atoms with Crippen molar-refractivity contribution < 1.29 is 28.7 Å². The second-order valence-electron chi connectivity index (χ2n) is 13.0. The van der Waals surface area contributed by atoms with Gasteiger partial charge in [0.1, 0.15) is 11.4 Å². The minimum absolute atomic E-state index is 0.00835. The third-order valence-corrected chi connectivity index (χ3v) is 9.54. The number of rotatable bonds is 13. The molecule has 52 heavy (non-hydrogen) atoms. The number of anilines is 2. The average Bonchev–Trinajstić information content (AvgIpc) is 3.85. The van der Waals surface area contributed by atoms with E-state index in [1.807, 2.05) is 73.1 Å². The van der Waals surface area contributed by atoms with Gasteiger partial charge in [0.05, 0.1) is 36.7 Å². The van der Waals surface area contributed by atoms with Crippen molar-refractivity contribution in [3.05, 3.63) is 77.9 Å². The van der Waals surface area contributed by atoms with Crippen LogP contribution in [-0.4, -0.2) is 88.2 Å². The maximum atomic E-state index is 13.2. The number of methoxy groups -OCH3 is 1. The third-order valence-electron chi connectivity index (χ3n) is 9.54. The zero-order valence-electron chi connectivity index (χ0n) is 30.3. The molecule has 1 atom stereocenters. The first-order valence-corrected chi connectivity index (χ1v) is 17.6. The molecule has 2 aromatic heterocycles. The van der Waals surface area contributed by atoms with Gasteiger partial charge in [-0.15, -0.1) is 0 Å². The number of aryl methyl sites for hydroxylation is 2. The number of nitrogens with zero attached hydrogens (tertiary/aromatic N) is 5. The molecule has 0 radical (unpaired) electrons. The van der Waals surface area contributed by atoms with Crippen molar-refractivity contribution >= 4 is 46.9 Å². The van der Waals surface area contributed by atoms with Crippen molar-refractivity contribution in [2.75, 3.05) is 44.0 Å². The quantitative estimate of drug-likeness (QED) is 0.166. The predicted octanol–water partition coefficient (Wildman–Crippen LogP) is 5.89. The van der Waals surface area contributed by atoms with E-state index in [0.717, 1.165) is 24.0 Å². The normalized spacial score (nSPS) is 14.8. The summed E-state index contributed by atoms with van der Waals surface area (Å²) in [6, 6.07) is 14.3. The molecule has 2 aliphatic rings. The Morgan fingerprint density at radius 2 is 1.65 bits per heavy atom. The van der Waals surface area contributed by atoms with E-state index in [1.54, 1.807) is 40.9 Å². The SMILES string of the molecule is CCN(CC)C(=O)c1cc(-c2ccc(NC(=O)c3cc(NC(=O)CCCOc4cc5c(cc4OC)C(=O)N4CCC[C@H]4C=N5)cn3C)cc2)cn1C. The van der Waals surface area contributed by atoms with Crippen molar-refractivity contribution in [3.63, 3.8) is 0 Å². The molecular weight excluding hydrogens is 662 g/mol. The Morgan fingerprint density at radius 1 is 0.904 bits per heavy atom. The van der Waals surface area contributed by atoms with Crippen LogP contribution in [0, 0.1) is 0 Å². The molecule has 0 aliphatic carbocycles. The van der Waals surface area contributed by atoms with E-state index in [4.69, 9.17) is 9.47 Å². The largest absolute Gasteiger partial charge is 0.493 e. The molecule has 0 bridgehead atoms. The lowest BCUT2D eigenvalue weighted by molar-refractivity contribution is -0.116. The van der Waals surface area contributed by atoms with Crippen molar-refractivity contribution in [2.24, 2.45) is 19.1 Å². The van der Waals surface area contributed by atoms with Crippen LogP contribution in [0.2, 0.25) is 0 Å². The number of fused-ring (bicyclic) bond motifs is 2. The van der Waals surface area contributed by atoms with E-state index in [9.17, 15) is 19.2 Å². The Hall–Kier alpha value is -5.85. The number of aromatic nitrogens is 2. The Morgan fingerprint density at radius 3 is 2.38 bits per heavy atom. The van der Waals surface area contributed by atoms with Gasteiger partial charge < -0.3 is 39.0 Å². The summed E-state index contributed by atoms with van der Waals surface area (Å²) < 4.78 is 15.0. The molecule has 6 rings (SSSR count). The van der Waals surface area contributed by atoms with E-state index in [2.05, 4.69) is 15.6 Å². The highest BCUT2D eigenvalue weighted by Crippen LogP contribution is 2.38. The first kappa shape index (κ1) is 36.0. The van der Waals surface area contributed by atoms with Crippen LogP contribution >= 0.6 is 0 Å². The molecule has 4 aromatic rings. The minimum atomic E-state index is -0.322. The maximum absolute atomic E-state index is 13.2. The molecule has 272 valence electrons. The van der Waals surface area contributed by atoms with Crippen molar-refractivity contribution in [1.82, 2.24) is 18.9 Å². The molecule has 1 saturated heterocycles. The maximum Gasteiger partial charge on any atom is 0.272 e. The van der Waals surface area contributed by atoms with E-state index in [-0.39, 0.29) is 42.7 Å². The summed E-state index contributed by atoms with van der Waals surface area (Å²) in [4.78, 5) is 60.1. The highest BCUT2D eigenvalue weighted by molar-refractivity contribution is 6.05. The number of hydrogen-bond donors (Lipinski definition) is 2. The van der Waals surface area contributed by atoms with Gasteiger partial charge in [0, 0.05) is 76.1 Å². The van der Waals surface area contributed by atoms with Crippen LogP contribution in [0.15, 0.2) is 65.9 Å². The molecule has 0 saturated carbocycles. The summed E-state index contributed by atoms with van der Waals surface area (Å²) in [5.74, 6) is 0.281. The topological polar surface area (TPSA) is 140 Å². The van der Waals surface area contributed by atoms with E-state index >= 15 is 0 Å². The number of carbonyl (C=O) groups is 4. The molecular formula is C39H45N7O6. The molecule has 2 N–H and O–H groups in total. The Labute approximate surface area is 303 Å². The van der Waals surface area contributed by atoms with Crippen LogP contribution < -0.4 is 20.1 Å². The molecule has 0 spiro atoms. The van der Waals surface area contributed by atoms with E-state index < -0.39 is 0 Å². The van der Waals surface area contributed by atoms with Crippen LogP contribution in [0.4, 0.5) is 17.1 Å². The van der Waals surface area contributed by atoms with Gasteiger partial charge in [0.15, 0.2) is 11.5 Å². The van der Waals surface area contributed by atoms with Gasteiger partial charge in [-0.2, -0.15) is 0 Å². The fraction of sp³-hybridized carbons (Fsp3) is 0.359. The van der Waals surface area contributed by atoms with Crippen LogP contribution in [0.25, 0.3) is 11.1 Å². The average molecular weight is 708 g/mol. The molecule has 0 unspecified atom stereocenters. The number of aliphatic imine (C=N–C) groups is 1. The summed E-state index contributed by atoms with van der Waals surface area (Å²) in [6.07, 6.45) is 7.91. The predicted molar refractivity (Wildman–Crippen MR) is 200 cm³/mol. The summed E-state index contributed by atoms with van der Waals surface area (Å²) in [7, 11) is 5.12. The summed E-state index contributed by atoms with van der Waals surface area (Å²) in [5.41, 5.74) is 4.97. The summed E-state index contributed by atoms with van der Waals surface area (Å²) in [6.45, 7) is 6.17. The number of amides is 4. The molecule has 4 amide bonds. The molecule has 13 heteroatoms. The van der Waals surface area contributed by atoms with Gasteiger partial charge in [-0.05, 0) is 69.0 Å². The molecule has 1 fully saturated rings. The van der Waals surface area contributed by atoms with Crippen LogP contribution in [0.1, 0.15) is 70.9 Å². The molecule has 2 aromatic carbocycles. The first-order chi connectivity index (χ1) is 25.1. The molecule has 13 nitrogen and oxygen atoms in total. The minimum Gasteiger partial charge on any atom is -0.493 e. The molecule has 2 aliphatic heterocycles. The summed E-state index contributed by atoms with van der Waals surface area (Å²) >= 11 is 0. The van der Waals surface area contributed by atoms with Crippen LogP contribution in [-0.2, 0) is 18.9 Å². The third kappa shape index (κ3) is 7.58. The summed E-state index contributed by atoms with van der Waals surface area (Å²) in [5, 5.41) is 5.78. The van der Waals surface area contributed by atoms with Gasteiger partial charge in [-0.25, -0.2) is 0 Å². The van der Waals surface area contributed by atoms with Crippen LogP contribution in [0.5, 0.6) is 11.5 Å². The lowest BCUT2D eigenvalue weighted by Gasteiger charge is -2.20. The Kier molecular flexibility index (Phi) is 10.8. The second-order valence-corrected chi connectivity index (χ2v) is 13.0. The monoisotopic (exact) mass is 707 g/mol. The van der Waals surface area contributed by atoms with Gasteiger partial charge in [0.25, 0.3) is 17.7 Å². The second kappa shape index (κ2) is 15.6. The number of benzene rings is 2. The van der Waals surface area contributed by atoms with E-state index in [0.29, 0.717) is 71.6 Å². The Bertz CT molecular complexity index is 2010. The number of carbonyl (C=O) groups excluding carboxylic acids is 4. The highest BCUT2D eigenvalue weighted by Gasteiger charge is 2.32. The number of ether oxygens (including phenoxy) is 2. The highest BCUT2D eigenvalue weighted by atomic mass is 16.5. The van der Waals surface area contributed by atoms with Gasteiger partial charge in [-0.1, -0.05) is 12.1 Å². The van der Waals surface area contributed by atoms with Crippen LogP contribution in [0.3, 0.4) is 0 Å².